The Balaban J connectivity index is 2.13. The molecule has 0 radical (unpaired) electrons. The van der Waals surface area contributed by atoms with Gasteiger partial charge in [-0.3, -0.25) is 0 Å². The van der Waals surface area contributed by atoms with Gasteiger partial charge in [0.2, 0.25) is 0 Å². The Hall–Kier alpha value is -1.02. The molecule has 19 heavy (non-hydrogen) atoms. The van der Waals surface area contributed by atoms with Crippen LogP contribution in [0.1, 0.15) is 37.1 Å². The molecule has 2 aromatic rings. The van der Waals surface area contributed by atoms with Gasteiger partial charge in [-0.05, 0) is 43.2 Å². The molecule has 1 N–H and O–H groups in total. The van der Waals surface area contributed by atoms with Crippen LogP contribution in [0.4, 0.5) is 0 Å². The second-order valence-corrected chi connectivity index (χ2v) is 5.53. The summed E-state index contributed by atoms with van der Waals surface area (Å²) in [7, 11) is 0. The largest absolute Gasteiger partial charge is 0.304 e. The molecule has 2 aromatic carbocycles. The minimum Gasteiger partial charge on any atom is -0.304 e. The van der Waals surface area contributed by atoms with E-state index in [1.54, 1.807) is 6.07 Å². The van der Waals surface area contributed by atoms with Gasteiger partial charge < -0.3 is 5.32 Å². The van der Waals surface area contributed by atoms with Crippen LogP contribution in [0.5, 0.6) is 0 Å². The van der Waals surface area contributed by atoms with Gasteiger partial charge >= 0.3 is 0 Å². The SMILES string of the molecule is CC(N[C@H](C)c1ccccc1)c1cc(Cl)ccc1Cl. The molecular weight excluding hydrogens is 277 g/mol. The van der Waals surface area contributed by atoms with Gasteiger partial charge in [-0.25, -0.2) is 0 Å². The van der Waals surface area contributed by atoms with Crippen molar-refractivity contribution in [3.05, 3.63) is 69.7 Å². The zero-order valence-corrected chi connectivity index (χ0v) is 12.5. The molecule has 100 valence electrons. The fourth-order valence-electron chi connectivity index (χ4n) is 2.15. The van der Waals surface area contributed by atoms with E-state index in [1.807, 2.05) is 30.3 Å². The molecule has 0 aliphatic heterocycles. The van der Waals surface area contributed by atoms with Gasteiger partial charge in [0.15, 0.2) is 0 Å². The predicted molar refractivity (Wildman–Crippen MR) is 82.9 cm³/mol. The van der Waals surface area contributed by atoms with Gasteiger partial charge in [-0.15, -0.1) is 0 Å². The quantitative estimate of drug-likeness (QED) is 0.795. The van der Waals surface area contributed by atoms with E-state index in [-0.39, 0.29) is 12.1 Å². The van der Waals surface area contributed by atoms with Crippen LogP contribution in [0.15, 0.2) is 48.5 Å². The van der Waals surface area contributed by atoms with Crippen molar-refractivity contribution in [3.8, 4) is 0 Å². The van der Waals surface area contributed by atoms with Gasteiger partial charge in [0.25, 0.3) is 0 Å². The molecule has 0 heterocycles. The molecule has 0 aliphatic carbocycles. The van der Waals surface area contributed by atoms with Crippen molar-refractivity contribution in [1.82, 2.24) is 5.32 Å². The smallest absolute Gasteiger partial charge is 0.0454 e. The summed E-state index contributed by atoms with van der Waals surface area (Å²) in [5, 5.41) is 4.99. The van der Waals surface area contributed by atoms with Gasteiger partial charge in [0, 0.05) is 22.1 Å². The summed E-state index contributed by atoms with van der Waals surface area (Å²) >= 11 is 12.2. The Bertz CT molecular complexity index is 540. The van der Waals surface area contributed by atoms with E-state index in [9.17, 15) is 0 Å². The molecule has 0 saturated heterocycles. The lowest BCUT2D eigenvalue weighted by atomic mass is 10.0. The van der Waals surface area contributed by atoms with Crippen LogP contribution in [0.3, 0.4) is 0 Å². The first kappa shape index (κ1) is 14.4. The fraction of sp³-hybridized carbons (Fsp3) is 0.250. The summed E-state index contributed by atoms with van der Waals surface area (Å²) in [5.41, 5.74) is 2.28. The van der Waals surface area contributed by atoms with Crippen molar-refractivity contribution in [2.45, 2.75) is 25.9 Å². The van der Waals surface area contributed by atoms with E-state index in [1.165, 1.54) is 5.56 Å². The van der Waals surface area contributed by atoms with E-state index in [2.05, 4.69) is 31.3 Å². The van der Waals surface area contributed by atoms with E-state index < -0.39 is 0 Å². The molecule has 0 aromatic heterocycles. The lowest BCUT2D eigenvalue weighted by Gasteiger charge is -2.21. The molecular formula is C16H17Cl2N. The number of hydrogen-bond donors (Lipinski definition) is 1. The van der Waals surface area contributed by atoms with Crippen LogP contribution in [0.25, 0.3) is 0 Å². The highest BCUT2D eigenvalue weighted by molar-refractivity contribution is 6.33. The van der Waals surface area contributed by atoms with Crippen LogP contribution in [0, 0.1) is 0 Å². The summed E-state index contributed by atoms with van der Waals surface area (Å²) in [6, 6.07) is 16.3. The van der Waals surface area contributed by atoms with Crippen LogP contribution >= 0.6 is 23.2 Å². The molecule has 0 amide bonds. The zero-order chi connectivity index (χ0) is 13.8. The number of nitrogens with one attached hydrogen (secondary N) is 1. The Morgan fingerprint density at radius 3 is 2.26 bits per heavy atom. The highest BCUT2D eigenvalue weighted by Gasteiger charge is 2.13. The van der Waals surface area contributed by atoms with Gasteiger partial charge in [0.1, 0.15) is 0 Å². The summed E-state index contributed by atoms with van der Waals surface area (Å²) < 4.78 is 0. The summed E-state index contributed by atoms with van der Waals surface area (Å²) in [6.45, 7) is 4.24. The summed E-state index contributed by atoms with van der Waals surface area (Å²) in [6.07, 6.45) is 0. The van der Waals surface area contributed by atoms with Gasteiger partial charge in [-0.1, -0.05) is 53.5 Å². The molecule has 1 unspecified atom stereocenters. The molecule has 1 nitrogen and oxygen atoms in total. The molecule has 0 saturated carbocycles. The third-order valence-electron chi connectivity index (χ3n) is 3.22. The average Bonchev–Trinajstić information content (AvgIpc) is 2.42. The first-order valence-corrected chi connectivity index (χ1v) is 7.09. The van der Waals surface area contributed by atoms with Crippen molar-refractivity contribution in [1.29, 1.82) is 0 Å². The van der Waals surface area contributed by atoms with Gasteiger partial charge in [0.05, 0.1) is 0 Å². The maximum Gasteiger partial charge on any atom is 0.0454 e. The maximum atomic E-state index is 6.22. The molecule has 0 bridgehead atoms. The standard InChI is InChI=1S/C16H17Cl2N/c1-11(13-6-4-3-5-7-13)19-12(2)15-10-14(17)8-9-16(15)18/h3-12,19H,1-2H3/t11-,12?/m1/s1. The first-order valence-electron chi connectivity index (χ1n) is 6.34. The van der Waals surface area contributed by atoms with Crippen molar-refractivity contribution < 1.29 is 0 Å². The Labute approximate surface area is 124 Å². The van der Waals surface area contributed by atoms with Crippen molar-refractivity contribution in [3.63, 3.8) is 0 Å². The Kier molecular flexibility index (Phi) is 4.87. The normalized spacial score (nSPS) is 14.1. The second kappa shape index (κ2) is 6.42. The number of hydrogen-bond acceptors (Lipinski definition) is 1. The monoisotopic (exact) mass is 293 g/mol. The lowest BCUT2D eigenvalue weighted by molar-refractivity contribution is 0.495. The summed E-state index contributed by atoms with van der Waals surface area (Å²) in [5.74, 6) is 0. The molecule has 2 rings (SSSR count). The van der Waals surface area contributed by atoms with Crippen molar-refractivity contribution in [2.24, 2.45) is 0 Å². The lowest BCUT2D eigenvalue weighted by Crippen LogP contribution is -2.22. The number of halogens is 2. The van der Waals surface area contributed by atoms with E-state index >= 15 is 0 Å². The zero-order valence-electron chi connectivity index (χ0n) is 11.0. The van der Waals surface area contributed by atoms with Gasteiger partial charge in [-0.2, -0.15) is 0 Å². The predicted octanol–water partition coefficient (Wildman–Crippen LogP) is 5.41. The van der Waals surface area contributed by atoms with Crippen LogP contribution < -0.4 is 5.32 Å². The average molecular weight is 294 g/mol. The van der Waals surface area contributed by atoms with E-state index in [0.717, 1.165) is 10.6 Å². The third kappa shape index (κ3) is 3.73. The Morgan fingerprint density at radius 1 is 0.895 bits per heavy atom. The van der Waals surface area contributed by atoms with E-state index in [4.69, 9.17) is 23.2 Å². The maximum absolute atomic E-state index is 6.22. The summed E-state index contributed by atoms with van der Waals surface area (Å²) in [4.78, 5) is 0. The number of benzene rings is 2. The number of rotatable bonds is 4. The molecule has 0 aliphatic rings. The highest BCUT2D eigenvalue weighted by atomic mass is 35.5. The topological polar surface area (TPSA) is 12.0 Å². The van der Waals surface area contributed by atoms with Crippen molar-refractivity contribution >= 4 is 23.2 Å². The minimum atomic E-state index is 0.140. The van der Waals surface area contributed by atoms with Crippen LogP contribution in [-0.4, -0.2) is 0 Å². The third-order valence-corrected chi connectivity index (χ3v) is 3.80. The van der Waals surface area contributed by atoms with E-state index in [0.29, 0.717) is 5.02 Å². The second-order valence-electron chi connectivity index (χ2n) is 4.69. The minimum absolute atomic E-state index is 0.140. The fourth-order valence-corrected chi connectivity index (χ4v) is 2.61. The molecule has 0 fully saturated rings. The van der Waals surface area contributed by atoms with Crippen LogP contribution in [-0.2, 0) is 0 Å². The Morgan fingerprint density at radius 2 is 1.58 bits per heavy atom. The highest BCUT2D eigenvalue weighted by Crippen LogP contribution is 2.28. The molecule has 0 spiro atoms. The first-order chi connectivity index (χ1) is 9.08. The molecule has 2 atom stereocenters. The molecule has 3 heteroatoms. The van der Waals surface area contributed by atoms with Crippen molar-refractivity contribution in [2.75, 3.05) is 0 Å². The van der Waals surface area contributed by atoms with Crippen LogP contribution in [0.2, 0.25) is 10.0 Å².